The van der Waals surface area contributed by atoms with Gasteiger partial charge in [-0.1, -0.05) is 0 Å². The highest BCUT2D eigenvalue weighted by molar-refractivity contribution is 5.95. The Morgan fingerprint density at radius 3 is 3.00 bits per heavy atom. The molecule has 6 heteroatoms. The SMILES string of the molecule is CCOC(=O)c1cc(NCCN(C)C2CC2)ncc1N. The maximum absolute atomic E-state index is 11.7. The van der Waals surface area contributed by atoms with Crippen LogP contribution in [0.15, 0.2) is 12.3 Å². The number of hydrogen-bond donors (Lipinski definition) is 2. The Morgan fingerprint density at radius 1 is 1.60 bits per heavy atom. The largest absolute Gasteiger partial charge is 0.462 e. The van der Waals surface area contributed by atoms with E-state index in [9.17, 15) is 4.79 Å². The Bertz CT molecular complexity index is 474. The molecule has 0 atom stereocenters. The number of pyridine rings is 1. The number of carbonyl (C=O) groups is 1. The fourth-order valence-corrected chi connectivity index (χ4v) is 2.01. The van der Waals surface area contributed by atoms with E-state index < -0.39 is 5.97 Å². The summed E-state index contributed by atoms with van der Waals surface area (Å²) >= 11 is 0. The van der Waals surface area contributed by atoms with E-state index in [0.29, 0.717) is 23.7 Å². The number of nitrogens with one attached hydrogen (secondary N) is 1. The van der Waals surface area contributed by atoms with Crippen LogP contribution in [-0.4, -0.2) is 48.6 Å². The molecular formula is C14H22N4O2. The molecule has 0 amide bonds. The molecule has 6 nitrogen and oxygen atoms in total. The molecule has 1 heterocycles. The molecule has 3 N–H and O–H groups in total. The van der Waals surface area contributed by atoms with E-state index >= 15 is 0 Å². The first-order chi connectivity index (χ1) is 9.61. The molecule has 20 heavy (non-hydrogen) atoms. The van der Waals surface area contributed by atoms with E-state index in [2.05, 4.69) is 22.2 Å². The van der Waals surface area contributed by atoms with Gasteiger partial charge in [-0.15, -0.1) is 0 Å². The summed E-state index contributed by atoms with van der Waals surface area (Å²) < 4.78 is 4.96. The second-order valence-corrected chi connectivity index (χ2v) is 5.02. The zero-order chi connectivity index (χ0) is 14.5. The van der Waals surface area contributed by atoms with E-state index in [1.165, 1.54) is 19.0 Å². The normalized spacial score (nSPS) is 14.3. The van der Waals surface area contributed by atoms with Gasteiger partial charge in [-0.05, 0) is 32.9 Å². The minimum absolute atomic E-state index is 0.329. The monoisotopic (exact) mass is 278 g/mol. The highest BCUT2D eigenvalue weighted by Gasteiger charge is 2.25. The van der Waals surface area contributed by atoms with Crippen molar-refractivity contribution in [3.05, 3.63) is 17.8 Å². The third-order valence-corrected chi connectivity index (χ3v) is 3.37. The molecule has 0 saturated heterocycles. The lowest BCUT2D eigenvalue weighted by Crippen LogP contribution is -2.27. The number of carbonyl (C=O) groups excluding carboxylic acids is 1. The Labute approximate surface area is 119 Å². The quantitative estimate of drug-likeness (QED) is 0.733. The van der Waals surface area contributed by atoms with Crippen LogP contribution in [0.4, 0.5) is 11.5 Å². The van der Waals surface area contributed by atoms with Crippen molar-refractivity contribution in [1.82, 2.24) is 9.88 Å². The molecule has 1 saturated carbocycles. The zero-order valence-electron chi connectivity index (χ0n) is 12.1. The second-order valence-electron chi connectivity index (χ2n) is 5.02. The number of ether oxygens (including phenoxy) is 1. The van der Waals surface area contributed by atoms with Crippen LogP contribution < -0.4 is 11.1 Å². The summed E-state index contributed by atoms with van der Waals surface area (Å²) in [6.45, 7) is 3.83. The van der Waals surface area contributed by atoms with Crippen molar-refractivity contribution in [2.24, 2.45) is 0 Å². The number of aromatic nitrogens is 1. The van der Waals surface area contributed by atoms with Crippen LogP contribution in [0.1, 0.15) is 30.1 Å². The van der Waals surface area contributed by atoms with Gasteiger partial charge in [-0.25, -0.2) is 9.78 Å². The predicted octanol–water partition coefficient (Wildman–Crippen LogP) is 1.35. The number of nitrogen functional groups attached to an aromatic ring is 1. The van der Waals surface area contributed by atoms with Gasteiger partial charge in [0, 0.05) is 19.1 Å². The van der Waals surface area contributed by atoms with E-state index in [1.807, 2.05) is 0 Å². The summed E-state index contributed by atoms with van der Waals surface area (Å²) in [6, 6.07) is 2.39. The summed E-state index contributed by atoms with van der Waals surface area (Å²) in [4.78, 5) is 18.2. The summed E-state index contributed by atoms with van der Waals surface area (Å²) in [5.74, 6) is 0.233. The van der Waals surface area contributed by atoms with Gasteiger partial charge in [-0.2, -0.15) is 0 Å². The van der Waals surface area contributed by atoms with Gasteiger partial charge >= 0.3 is 5.97 Å². The van der Waals surface area contributed by atoms with Crippen LogP contribution in [0.5, 0.6) is 0 Å². The Kier molecular flexibility index (Phi) is 4.79. The lowest BCUT2D eigenvalue weighted by Gasteiger charge is -2.16. The van der Waals surface area contributed by atoms with Crippen molar-refractivity contribution >= 4 is 17.5 Å². The number of likely N-dealkylation sites (N-methyl/N-ethyl adjacent to an activating group) is 1. The number of nitrogens with zero attached hydrogens (tertiary/aromatic N) is 2. The topological polar surface area (TPSA) is 80.5 Å². The van der Waals surface area contributed by atoms with Crippen molar-refractivity contribution < 1.29 is 9.53 Å². The van der Waals surface area contributed by atoms with Crippen LogP contribution in [0.25, 0.3) is 0 Å². The molecule has 0 radical (unpaired) electrons. The third kappa shape index (κ3) is 3.84. The number of nitrogens with two attached hydrogens (primary N) is 1. The molecule has 1 aliphatic rings. The molecule has 1 fully saturated rings. The smallest absolute Gasteiger partial charge is 0.340 e. The number of anilines is 2. The molecule has 110 valence electrons. The summed E-state index contributed by atoms with van der Waals surface area (Å²) in [7, 11) is 2.12. The van der Waals surface area contributed by atoms with Gasteiger partial charge in [0.05, 0.1) is 24.1 Å². The summed E-state index contributed by atoms with van der Waals surface area (Å²) in [5.41, 5.74) is 6.44. The van der Waals surface area contributed by atoms with E-state index in [4.69, 9.17) is 10.5 Å². The van der Waals surface area contributed by atoms with Crippen molar-refractivity contribution in [3.8, 4) is 0 Å². The van der Waals surface area contributed by atoms with E-state index in [1.54, 1.807) is 13.0 Å². The standard InChI is InChI=1S/C14H22N4O2/c1-3-20-14(19)11-8-13(17-9-12(11)15)16-6-7-18(2)10-4-5-10/h8-10H,3-7,15H2,1-2H3,(H,16,17). The first-order valence-electron chi connectivity index (χ1n) is 6.98. The molecule has 1 aliphatic carbocycles. The maximum Gasteiger partial charge on any atom is 0.340 e. The van der Waals surface area contributed by atoms with Crippen molar-refractivity contribution in [2.45, 2.75) is 25.8 Å². The van der Waals surface area contributed by atoms with Gasteiger partial charge in [0.25, 0.3) is 0 Å². The average molecular weight is 278 g/mol. The molecule has 1 aromatic heterocycles. The Morgan fingerprint density at radius 2 is 2.35 bits per heavy atom. The van der Waals surface area contributed by atoms with Gasteiger partial charge < -0.3 is 20.7 Å². The lowest BCUT2D eigenvalue weighted by molar-refractivity contribution is 0.0527. The molecule has 0 spiro atoms. The highest BCUT2D eigenvalue weighted by atomic mass is 16.5. The molecule has 2 rings (SSSR count). The Hall–Kier alpha value is -1.82. The van der Waals surface area contributed by atoms with Crippen molar-refractivity contribution in [1.29, 1.82) is 0 Å². The van der Waals surface area contributed by atoms with Gasteiger partial charge in [0.1, 0.15) is 5.82 Å². The fraction of sp³-hybridized carbons (Fsp3) is 0.571. The molecule has 1 aromatic rings. The van der Waals surface area contributed by atoms with Crippen LogP contribution in [0.3, 0.4) is 0 Å². The molecule has 0 unspecified atom stereocenters. The van der Waals surface area contributed by atoms with Crippen LogP contribution in [0, 0.1) is 0 Å². The van der Waals surface area contributed by atoms with Crippen LogP contribution in [0.2, 0.25) is 0 Å². The van der Waals surface area contributed by atoms with Crippen LogP contribution >= 0.6 is 0 Å². The zero-order valence-corrected chi connectivity index (χ0v) is 12.1. The summed E-state index contributed by atoms with van der Waals surface area (Å²) in [6.07, 6.45) is 4.08. The Balaban J connectivity index is 1.90. The minimum atomic E-state index is -0.412. The average Bonchev–Trinajstić information content (AvgIpc) is 3.25. The summed E-state index contributed by atoms with van der Waals surface area (Å²) in [5, 5.41) is 3.21. The first-order valence-corrected chi connectivity index (χ1v) is 6.98. The lowest BCUT2D eigenvalue weighted by atomic mass is 10.2. The maximum atomic E-state index is 11.7. The highest BCUT2D eigenvalue weighted by Crippen LogP contribution is 2.24. The second kappa shape index (κ2) is 6.56. The van der Waals surface area contributed by atoms with Crippen LogP contribution in [-0.2, 0) is 4.74 Å². The van der Waals surface area contributed by atoms with E-state index in [0.717, 1.165) is 19.1 Å². The molecular weight excluding hydrogens is 256 g/mol. The van der Waals surface area contributed by atoms with E-state index in [-0.39, 0.29) is 0 Å². The molecule has 0 bridgehead atoms. The first kappa shape index (κ1) is 14.6. The minimum Gasteiger partial charge on any atom is -0.462 e. The van der Waals surface area contributed by atoms with Gasteiger partial charge in [0.2, 0.25) is 0 Å². The fourth-order valence-electron chi connectivity index (χ4n) is 2.01. The van der Waals surface area contributed by atoms with Crippen molar-refractivity contribution in [3.63, 3.8) is 0 Å². The predicted molar refractivity (Wildman–Crippen MR) is 78.7 cm³/mol. The van der Waals surface area contributed by atoms with Gasteiger partial charge in [0.15, 0.2) is 0 Å². The van der Waals surface area contributed by atoms with Gasteiger partial charge in [-0.3, -0.25) is 0 Å². The number of hydrogen-bond acceptors (Lipinski definition) is 6. The number of esters is 1. The molecule has 0 aliphatic heterocycles. The third-order valence-electron chi connectivity index (χ3n) is 3.37. The molecule has 0 aromatic carbocycles. The van der Waals surface area contributed by atoms with Crippen molar-refractivity contribution in [2.75, 3.05) is 37.8 Å². The number of rotatable bonds is 7.